The van der Waals surface area contributed by atoms with E-state index in [9.17, 15) is 13.2 Å². The summed E-state index contributed by atoms with van der Waals surface area (Å²) in [5, 5.41) is 3.52. The van der Waals surface area contributed by atoms with Crippen molar-refractivity contribution in [3.63, 3.8) is 0 Å². The molecule has 8 heteroatoms. The third-order valence-electron chi connectivity index (χ3n) is 3.69. The van der Waals surface area contributed by atoms with Crippen molar-refractivity contribution >= 4 is 39.1 Å². The quantitative estimate of drug-likeness (QED) is 0.830. The molecular weight excluding hydrogens is 383 g/mol. The lowest BCUT2D eigenvalue weighted by Crippen LogP contribution is -2.26. The molecule has 2 aromatic rings. The summed E-state index contributed by atoms with van der Waals surface area (Å²) >= 11 is 11.8. The lowest BCUT2D eigenvalue weighted by atomic mass is 10.1. The van der Waals surface area contributed by atoms with Crippen LogP contribution in [0, 0.1) is 0 Å². The van der Waals surface area contributed by atoms with Crippen molar-refractivity contribution in [1.82, 2.24) is 9.62 Å². The Morgan fingerprint density at radius 2 is 1.64 bits per heavy atom. The highest BCUT2D eigenvalue weighted by molar-refractivity contribution is 7.89. The van der Waals surface area contributed by atoms with E-state index in [-0.39, 0.29) is 16.8 Å². The molecule has 2 aromatic carbocycles. The van der Waals surface area contributed by atoms with Crippen molar-refractivity contribution in [3.05, 3.63) is 63.6 Å². The van der Waals surface area contributed by atoms with Crippen molar-refractivity contribution in [2.45, 2.75) is 17.9 Å². The highest BCUT2D eigenvalue weighted by Gasteiger charge is 2.18. The second kappa shape index (κ2) is 7.74. The van der Waals surface area contributed by atoms with E-state index in [0.29, 0.717) is 15.6 Å². The normalized spacial score (nSPS) is 12.9. The van der Waals surface area contributed by atoms with Gasteiger partial charge in [-0.25, -0.2) is 12.7 Å². The molecule has 0 spiro atoms. The summed E-state index contributed by atoms with van der Waals surface area (Å²) < 4.78 is 25.3. The second-order valence-electron chi connectivity index (χ2n) is 5.68. The first kappa shape index (κ1) is 19.7. The van der Waals surface area contributed by atoms with Crippen molar-refractivity contribution < 1.29 is 13.2 Å². The summed E-state index contributed by atoms with van der Waals surface area (Å²) in [7, 11) is -0.524. The topological polar surface area (TPSA) is 66.5 Å². The van der Waals surface area contributed by atoms with Gasteiger partial charge in [0.25, 0.3) is 5.91 Å². The largest absolute Gasteiger partial charge is 0.346 e. The molecule has 0 aliphatic rings. The van der Waals surface area contributed by atoms with Crippen LogP contribution in [0.5, 0.6) is 0 Å². The van der Waals surface area contributed by atoms with E-state index in [1.54, 1.807) is 24.3 Å². The van der Waals surface area contributed by atoms with Crippen LogP contribution in [0.1, 0.15) is 28.9 Å². The molecule has 0 aliphatic carbocycles. The number of amides is 1. The smallest absolute Gasteiger partial charge is 0.251 e. The molecule has 0 saturated carbocycles. The van der Waals surface area contributed by atoms with Gasteiger partial charge in [0.15, 0.2) is 0 Å². The average Bonchev–Trinajstić information content (AvgIpc) is 2.57. The fourth-order valence-electron chi connectivity index (χ4n) is 2.14. The number of hydrogen-bond acceptors (Lipinski definition) is 3. The van der Waals surface area contributed by atoms with Gasteiger partial charge in [0.05, 0.1) is 21.0 Å². The Bertz CT molecular complexity index is 881. The average molecular weight is 401 g/mol. The zero-order valence-electron chi connectivity index (χ0n) is 14.0. The molecule has 1 N–H and O–H groups in total. The first-order chi connectivity index (χ1) is 11.6. The third kappa shape index (κ3) is 4.52. The molecule has 5 nitrogen and oxygen atoms in total. The van der Waals surface area contributed by atoms with E-state index in [4.69, 9.17) is 23.2 Å². The molecule has 2 rings (SSSR count). The summed E-state index contributed by atoms with van der Waals surface area (Å²) in [6.45, 7) is 1.81. The van der Waals surface area contributed by atoms with Gasteiger partial charge in [0, 0.05) is 19.7 Å². The van der Waals surface area contributed by atoms with Crippen LogP contribution in [-0.2, 0) is 10.0 Å². The Morgan fingerprint density at radius 3 is 2.16 bits per heavy atom. The minimum atomic E-state index is -3.48. The van der Waals surface area contributed by atoms with Crippen LogP contribution >= 0.6 is 23.2 Å². The molecule has 0 radical (unpaired) electrons. The molecule has 0 heterocycles. The van der Waals surface area contributed by atoms with Gasteiger partial charge in [-0.1, -0.05) is 35.3 Å². The number of rotatable bonds is 5. The maximum atomic E-state index is 12.3. The number of carbonyl (C=O) groups excluding carboxylic acids is 1. The zero-order valence-corrected chi connectivity index (χ0v) is 16.3. The summed E-state index contributed by atoms with van der Waals surface area (Å²) in [5.41, 5.74) is 1.18. The number of nitrogens with zero attached hydrogens (tertiary/aromatic N) is 1. The molecule has 134 valence electrons. The number of halogens is 2. The van der Waals surface area contributed by atoms with Crippen molar-refractivity contribution in [3.8, 4) is 0 Å². The Kier molecular flexibility index (Phi) is 6.11. The van der Waals surface area contributed by atoms with Gasteiger partial charge in [-0.15, -0.1) is 0 Å². The van der Waals surface area contributed by atoms with E-state index in [0.717, 1.165) is 9.87 Å². The van der Waals surface area contributed by atoms with E-state index >= 15 is 0 Å². The molecule has 0 unspecified atom stereocenters. The maximum Gasteiger partial charge on any atom is 0.251 e. The molecule has 0 saturated heterocycles. The minimum absolute atomic E-state index is 0.198. The zero-order chi connectivity index (χ0) is 18.8. The number of carbonyl (C=O) groups is 1. The number of benzene rings is 2. The van der Waals surface area contributed by atoms with Gasteiger partial charge in [-0.3, -0.25) is 4.79 Å². The van der Waals surface area contributed by atoms with Gasteiger partial charge < -0.3 is 5.32 Å². The Balaban J connectivity index is 2.14. The third-order valence-corrected chi connectivity index (χ3v) is 6.26. The lowest BCUT2D eigenvalue weighted by Gasteiger charge is -2.16. The Hall–Kier alpha value is -1.60. The van der Waals surface area contributed by atoms with E-state index in [1.165, 1.54) is 32.3 Å². The highest BCUT2D eigenvalue weighted by Crippen LogP contribution is 2.23. The van der Waals surface area contributed by atoms with Gasteiger partial charge in [-0.2, -0.15) is 0 Å². The molecule has 1 atom stereocenters. The highest BCUT2D eigenvalue weighted by atomic mass is 35.5. The SMILES string of the molecule is C[C@H](NC(=O)c1ccc(Cl)c(Cl)c1)c1ccc(S(=O)(=O)N(C)C)cc1. The molecule has 0 aromatic heterocycles. The second-order valence-corrected chi connectivity index (χ2v) is 8.65. The van der Waals surface area contributed by atoms with Crippen molar-refractivity contribution in [2.75, 3.05) is 14.1 Å². The van der Waals surface area contributed by atoms with E-state index in [1.807, 2.05) is 6.92 Å². The molecule has 25 heavy (non-hydrogen) atoms. The maximum absolute atomic E-state index is 12.3. The number of nitrogens with one attached hydrogen (secondary N) is 1. The van der Waals surface area contributed by atoms with Crippen LogP contribution in [0.2, 0.25) is 10.0 Å². The van der Waals surface area contributed by atoms with Crippen LogP contribution < -0.4 is 5.32 Å². The molecule has 0 aliphatic heterocycles. The standard InChI is InChI=1S/C17H18Cl2N2O3S/c1-11(20-17(22)13-6-9-15(18)16(19)10-13)12-4-7-14(8-5-12)25(23,24)21(2)3/h4-11H,1-3H3,(H,20,22)/t11-/m0/s1. The molecule has 1 amide bonds. The van der Waals surface area contributed by atoms with E-state index < -0.39 is 10.0 Å². The molecular formula is C17H18Cl2N2O3S. The van der Waals surface area contributed by atoms with Crippen LogP contribution in [0.15, 0.2) is 47.4 Å². The van der Waals surface area contributed by atoms with Crippen LogP contribution in [0.4, 0.5) is 0 Å². The summed E-state index contributed by atoms with van der Waals surface area (Å²) in [4.78, 5) is 12.5. The minimum Gasteiger partial charge on any atom is -0.346 e. The first-order valence-electron chi connectivity index (χ1n) is 7.41. The molecule has 0 bridgehead atoms. The van der Waals surface area contributed by atoms with Crippen LogP contribution in [0.3, 0.4) is 0 Å². The lowest BCUT2D eigenvalue weighted by molar-refractivity contribution is 0.0940. The van der Waals surface area contributed by atoms with Gasteiger partial charge >= 0.3 is 0 Å². The van der Waals surface area contributed by atoms with E-state index in [2.05, 4.69) is 5.32 Å². The van der Waals surface area contributed by atoms with Crippen molar-refractivity contribution in [2.24, 2.45) is 0 Å². The predicted molar refractivity (Wildman–Crippen MR) is 99.7 cm³/mol. The van der Waals surface area contributed by atoms with Gasteiger partial charge in [-0.05, 0) is 42.8 Å². The van der Waals surface area contributed by atoms with Gasteiger partial charge in [0.2, 0.25) is 10.0 Å². The molecule has 0 fully saturated rings. The van der Waals surface area contributed by atoms with Crippen molar-refractivity contribution in [1.29, 1.82) is 0 Å². The predicted octanol–water partition coefficient (Wildman–Crippen LogP) is 3.73. The van der Waals surface area contributed by atoms with Gasteiger partial charge in [0.1, 0.15) is 0 Å². The Morgan fingerprint density at radius 1 is 1.04 bits per heavy atom. The summed E-state index contributed by atoms with van der Waals surface area (Å²) in [5.74, 6) is -0.295. The monoisotopic (exact) mass is 400 g/mol. The Labute approximate surface area is 157 Å². The summed E-state index contributed by atoms with van der Waals surface area (Å²) in [6, 6.07) is 10.7. The fraction of sp³-hybridized carbons (Fsp3) is 0.235. The van der Waals surface area contributed by atoms with Crippen LogP contribution in [0.25, 0.3) is 0 Å². The fourth-order valence-corrected chi connectivity index (χ4v) is 3.34. The summed E-state index contributed by atoms with van der Waals surface area (Å²) in [6.07, 6.45) is 0. The first-order valence-corrected chi connectivity index (χ1v) is 9.61. The van der Waals surface area contributed by atoms with Crippen LogP contribution in [-0.4, -0.2) is 32.7 Å². The number of hydrogen-bond donors (Lipinski definition) is 1. The number of sulfonamides is 1.